The quantitative estimate of drug-likeness (QED) is 0.752. The third-order valence-corrected chi connectivity index (χ3v) is 6.90. The number of carbonyl (C=O) groups excluding carboxylic acids is 2. The summed E-state index contributed by atoms with van der Waals surface area (Å²) in [6.07, 6.45) is -2.01. The summed E-state index contributed by atoms with van der Waals surface area (Å²) in [5, 5.41) is 3.50. The van der Waals surface area contributed by atoms with Crippen LogP contribution in [0, 0.1) is 5.92 Å². The minimum Gasteiger partial charge on any atom is -0.343 e. The summed E-state index contributed by atoms with van der Waals surface area (Å²) in [4.78, 5) is 34.6. The lowest BCUT2D eigenvalue weighted by Gasteiger charge is -2.36. The van der Waals surface area contributed by atoms with E-state index in [2.05, 4.69) is 14.7 Å². The van der Waals surface area contributed by atoms with E-state index < -0.39 is 12.0 Å². The average Bonchev–Trinajstić information content (AvgIpc) is 3.47. The van der Waals surface area contributed by atoms with Crippen LogP contribution < -0.4 is 10.2 Å². The van der Waals surface area contributed by atoms with E-state index >= 15 is 0 Å². The Balaban J connectivity index is 1.32. The first-order valence-corrected chi connectivity index (χ1v) is 11.0. The number of hydrogen-bond donors (Lipinski definition) is 1. The fraction of sp³-hybridized carbons (Fsp3) is 0.778. The van der Waals surface area contributed by atoms with Gasteiger partial charge in [0.25, 0.3) is 0 Å². The zero-order chi connectivity index (χ0) is 21.5. The average molecular weight is 446 g/mol. The Bertz CT molecular complexity index is 789. The van der Waals surface area contributed by atoms with E-state index in [1.165, 1.54) is 0 Å². The van der Waals surface area contributed by atoms with Crippen LogP contribution in [0.15, 0.2) is 0 Å². The minimum absolute atomic E-state index is 0.000355. The van der Waals surface area contributed by atoms with Gasteiger partial charge in [0.05, 0.1) is 12.0 Å². The number of piperazine rings is 1. The molecular weight excluding hydrogens is 421 g/mol. The van der Waals surface area contributed by atoms with Gasteiger partial charge in [0, 0.05) is 56.8 Å². The van der Waals surface area contributed by atoms with Crippen molar-refractivity contribution in [2.45, 2.75) is 44.4 Å². The standard InChI is InChI=1S/C18H25F3N6O2S/c1-11-12(10-13(22-11)15(29)25-4-2-3-5-25)14(28)26-6-8-27(9-7-26)17-23-16(24-30-17)18(19,20)21/h11-13,22H,2-10H2,1H3/t11-,12-,13-/m0/s1. The van der Waals surface area contributed by atoms with Gasteiger partial charge in [-0.05, 0) is 26.2 Å². The molecule has 30 heavy (non-hydrogen) atoms. The highest BCUT2D eigenvalue weighted by atomic mass is 32.1. The molecule has 1 N–H and O–H groups in total. The fourth-order valence-corrected chi connectivity index (χ4v) is 5.15. The summed E-state index contributed by atoms with van der Waals surface area (Å²) in [7, 11) is 0. The summed E-state index contributed by atoms with van der Waals surface area (Å²) in [5.74, 6) is -1.32. The molecule has 0 radical (unpaired) electrons. The molecule has 2 amide bonds. The Morgan fingerprint density at radius 1 is 1.03 bits per heavy atom. The van der Waals surface area contributed by atoms with Crippen LogP contribution in [0.2, 0.25) is 0 Å². The lowest BCUT2D eigenvalue weighted by molar-refractivity contribution is -0.144. The Labute approximate surface area is 176 Å². The van der Waals surface area contributed by atoms with E-state index in [1.54, 1.807) is 9.80 Å². The van der Waals surface area contributed by atoms with E-state index in [-0.39, 0.29) is 34.9 Å². The second-order valence-corrected chi connectivity index (χ2v) is 8.82. The molecule has 4 rings (SSSR count). The van der Waals surface area contributed by atoms with E-state index in [9.17, 15) is 22.8 Å². The van der Waals surface area contributed by atoms with Crippen molar-refractivity contribution in [3.8, 4) is 0 Å². The molecule has 4 heterocycles. The van der Waals surface area contributed by atoms with Crippen molar-refractivity contribution in [2.75, 3.05) is 44.2 Å². The van der Waals surface area contributed by atoms with Gasteiger partial charge in [-0.2, -0.15) is 22.5 Å². The summed E-state index contributed by atoms with van der Waals surface area (Å²) in [6.45, 7) is 5.13. The molecule has 1 aromatic heterocycles. The van der Waals surface area contributed by atoms with Gasteiger partial charge >= 0.3 is 6.18 Å². The number of carbonyl (C=O) groups is 2. The Morgan fingerprint density at radius 2 is 1.67 bits per heavy atom. The molecule has 1 aromatic rings. The molecule has 3 saturated heterocycles. The number of hydrogen-bond acceptors (Lipinski definition) is 7. The normalized spacial score (nSPS) is 27.7. The number of likely N-dealkylation sites (tertiary alicyclic amines) is 1. The molecule has 12 heteroatoms. The molecule has 3 aliphatic heterocycles. The number of rotatable bonds is 3. The third-order valence-electron chi connectivity index (χ3n) is 6.12. The first kappa shape index (κ1) is 21.3. The maximum atomic E-state index is 13.0. The van der Waals surface area contributed by atoms with Crippen molar-refractivity contribution >= 4 is 28.5 Å². The zero-order valence-corrected chi connectivity index (χ0v) is 17.5. The van der Waals surface area contributed by atoms with Crippen molar-refractivity contribution in [2.24, 2.45) is 5.92 Å². The second-order valence-electron chi connectivity index (χ2n) is 8.09. The van der Waals surface area contributed by atoms with E-state index in [4.69, 9.17) is 0 Å². The third kappa shape index (κ3) is 4.25. The van der Waals surface area contributed by atoms with Gasteiger partial charge in [-0.25, -0.2) is 0 Å². The number of alkyl halides is 3. The largest absolute Gasteiger partial charge is 0.452 e. The predicted molar refractivity (Wildman–Crippen MR) is 104 cm³/mol. The highest BCUT2D eigenvalue weighted by Gasteiger charge is 2.43. The maximum absolute atomic E-state index is 13.0. The Hall–Kier alpha value is -1.95. The minimum atomic E-state index is -4.55. The fourth-order valence-electron chi connectivity index (χ4n) is 4.42. The summed E-state index contributed by atoms with van der Waals surface area (Å²) in [6, 6.07) is -0.417. The van der Waals surface area contributed by atoms with Gasteiger partial charge in [0.2, 0.25) is 22.8 Å². The highest BCUT2D eigenvalue weighted by molar-refractivity contribution is 7.09. The zero-order valence-electron chi connectivity index (χ0n) is 16.7. The van der Waals surface area contributed by atoms with Crippen LogP contribution in [0.1, 0.15) is 32.0 Å². The molecule has 166 valence electrons. The molecule has 0 bridgehead atoms. The van der Waals surface area contributed by atoms with Crippen LogP contribution in [0.3, 0.4) is 0 Å². The van der Waals surface area contributed by atoms with Crippen LogP contribution in [-0.4, -0.2) is 82.3 Å². The van der Waals surface area contributed by atoms with Gasteiger partial charge in [0.1, 0.15) is 0 Å². The number of nitrogens with zero attached hydrogens (tertiary/aromatic N) is 5. The number of aromatic nitrogens is 2. The van der Waals surface area contributed by atoms with Gasteiger partial charge < -0.3 is 20.0 Å². The summed E-state index contributed by atoms with van der Waals surface area (Å²) < 4.78 is 41.5. The molecule has 0 aromatic carbocycles. The highest BCUT2D eigenvalue weighted by Crippen LogP contribution is 2.31. The lowest BCUT2D eigenvalue weighted by Crippen LogP contribution is -2.51. The molecule has 0 unspecified atom stereocenters. The SMILES string of the molecule is C[C@@H]1N[C@H](C(=O)N2CCCC2)C[C@@H]1C(=O)N1CCN(c2nc(C(F)(F)F)ns2)CC1. The summed E-state index contributed by atoms with van der Waals surface area (Å²) >= 11 is 0.723. The molecule has 3 fully saturated rings. The van der Waals surface area contributed by atoms with Crippen LogP contribution in [0.5, 0.6) is 0 Å². The van der Waals surface area contributed by atoms with Crippen molar-refractivity contribution in [3.63, 3.8) is 0 Å². The van der Waals surface area contributed by atoms with Crippen molar-refractivity contribution in [3.05, 3.63) is 5.82 Å². The molecule has 0 aliphatic carbocycles. The van der Waals surface area contributed by atoms with Gasteiger partial charge in [0.15, 0.2) is 0 Å². The lowest BCUT2D eigenvalue weighted by atomic mass is 9.97. The molecule has 0 spiro atoms. The number of halogens is 3. The van der Waals surface area contributed by atoms with Crippen LogP contribution in [-0.2, 0) is 15.8 Å². The molecule has 3 aliphatic rings. The van der Waals surface area contributed by atoms with Crippen LogP contribution in [0.4, 0.5) is 18.3 Å². The Morgan fingerprint density at radius 3 is 2.27 bits per heavy atom. The van der Waals surface area contributed by atoms with Crippen molar-refractivity contribution < 1.29 is 22.8 Å². The first-order chi connectivity index (χ1) is 14.2. The van der Waals surface area contributed by atoms with Gasteiger partial charge in [-0.3, -0.25) is 9.59 Å². The molecule has 8 nitrogen and oxygen atoms in total. The van der Waals surface area contributed by atoms with Crippen molar-refractivity contribution in [1.82, 2.24) is 24.5 Å². The van der Waals surface area contributed by atoms with E-state index in [1.807, 2.05) is 11.8 Å². The number of nitrogens with one attached hydrogen (secondary N) is 1. The monoisotopic (exact) mass is 446 g/mol. The number of amides is 2. The predicted octanol–water partition coefficient (Wildman–Crippen LogP) is 1.19. The topological polar surface area (TPSA) is 81.7 Å². The second kappa shape index (κ2) is 8.29. The van der Waals surface area contributed by atoms with E-state index in [0.717, 1.165) is 37.5 Å². The molecular formula is C18H25F3N6O2S. The van der Waals surface area contributed by atoms with E-state index in [0.29, 0.717) is 32.6 Å². The smallest absolute Gasteiger partial charge is 0.343 e. The number of anilines is 1. The molecule has 0 saturated carbocycles. The van der Waals surface area contributed by atoms with Gasteiger partial charge in [-0.1, -0.05) is 0 Å². The molecule has 3 atom stereocenters. The summed E-state index contributed by atoms with van der Waals surface area (Å²) in [5.41, 5.74) is 0. The Kier molecular flexibility index (Phi) is 5.88. The van der Waals surface area contributed by atoms with Crippen LogP contribution >= 0.6 is 11.5 Å². The maximum Gasteiger partial charge on any atom is 0.452 e. The first-order valence-electron chi connectivity index (χ1n) is 10.2. The van der Waals surface area contributed by atoms with Gasteiger partial charge in [-0.15, -0.1) is 0 Å². The van der Waals surface area contributed by atoms with Crippen LogP contribution in [0.25, 0.3) is 0 Å². The van der Waals surface area contributed by atoms with Crippen molar-refractivity contribution in [1.29, 1.82) is 0 Å².